The fourth-order valence-corrected chi connectivity index (χ4v) is 2.96. The van der Waals surface area contributed by atoms with Crippen LogP contribution in [0.25, 0.3) is 0 Å². The van der Waals surface area contributed by atoms with Crippen LogP contribution in [-0.2, 0) is 11.2 Å². The van der Waals surface area contributed by atoms with E-state index < -0.39 is 0 Å². The van der Waals surface area contributed by atoms with Crippen molar-refractivity contribution in [1.29, 1.82) is 0 Å². The summed E-state index contributed by atoms with van der Waals surface area (Å²) in [5.41, 5.74) is 0.991. The molecule has 0 saturated carbocycles. The maximum atomic E-state index is 13.2. The molecule has 1 atom stereocenters. The van der Waals surface area contributed by atoms with Gasteiger partial charge in [-0.05, 0) is 56.0 Å². The Kier molecular flexibility index (Phi) is 4.31. The van der Waals surface area contributed by atoms with Gasteiger partial charge in [-0.2, -0.15) is 0 Å². The van der Waals surface area contributed by atoms with Crippen LogP contribution in [0.3, 0.4) is 0 Å². The minimum absolute atomic E-state index is 0.147. The summed E-state index contributed by atoms with van der Waals surface area (Å²) < 4.78 is 18.9. The molecule has 0 spiro atoms. The Morgan fingerprint density at radius 1 is 1.25 bits per heavy atom. The fraction of sp³-hybridized carbons (Fsp3) is 0.562. The van der Waals surface area contributed by atoms with Crippen molar-refractivity contribution in [1.82, 2.24) is 5.32 Å². The van der Waals surface area contributed by atoms with E-state index in [1.165, 1.54) is 18.9 Å². The van der Waals surface area contributed by atoms with Gasteiger partial charge >= 0.3 is 0 Å². The first-order chi connectivity index (χ1) is 9.79. The lowest BCUT2D eigenvalue weighted by atomic mass is 9.95. The fourth-order valence-electron chi connectivity index (χ4n) is 2.96. The lowest BCUT2D eigenvalue weighted by molar-refractivity contribution is 0.292. The molecule has 2 heterocycles. The summed E-state index contributed by atoms with van der Waals surface area (Å²) in [6.07, 6.45) is 4.13. The third kappa shape index (κ3) is 3.57. The van der Waals surface area contributed by atoms with E-state index in [-0.39, 0.29) is 11.9 Å². The standard InChI is InChI=1S/C16H21FN2O/c17-14-3-1-2-13(8-14)9-15-11-20-16(19-15)10-12-4-6-18-7-5-12/h1-3,8,12,15,18H,4-7,9-11H2. The number of nitrogens with one attached hydrogen (secondary N) is 1. The van der Waals surface area contributed by atoms with Crippen LogP contribution in [0, 0.1) is 11.7 Å². The van der Waals surface area contributed by atoms with Crippen LogP contribution >= 0.6 is 0 Å². The number of rotatable bonds is 4. The van der Waals surface area contributed by atoms with Crippen LogP contribution in [0.1, 0.15) is 24.8 Å². The lowest BCUT2D eigenvalue weighted by Crippen LogP contribution is -2.28. The molecule has 1 N–H and O–H groups in total. The van der Waals surface area contributed by atoms with E-state index in [4.69, 9.17) is 4.74 Å². The monoisotopic (exact) mass is 276 g/mol. The van der Waals surface area contributed by atoms with Crippen molar-refractivity contribution < 1.29 is 9.13 Å². The molecule has 0 aromatic heterocycles. The molecule has 1 fully saturated rings. The Labute approximate surface area is 119 Å². The molecule has 0 amide bonds. The lowest BCUT2D eigenvalue weighted by Gasteiger charge is -2.21. The van der Waals surface area contributed by atoms with Crippen LogP contribution in [-0.4, -0.2) is 31.6 Å². The van der Waals surface area contributed by atoms with E-state index in [1.54, 1.807) is 12.1 Å². The molecule has 0 aliphatic carbocycles. The molecule has 4 heteroatoms. The zero-order chi connectivity index (χ0) is 13.8. The van der Waals surface area contributed by atoms with Crippen LogP contribution < -0.4 is 5.32 Å². The predicted octanol–water partition coefficient (Wildman–Crippen LogP) is 2.56. The Morgan fingerprint density at radius 3 is 2.90 bits per heavy atom. The van der Waals surface area contributed by atoms with Crippen LogP contribution in [0.2, 0.25) is 0 Å². The molecule has 3 nitrogen and oxygen atoms in total. The van der Waals surface area contributed by atoms with Gasteiger partial charge in [-0.3, -0.25) is 0 Å². The van der Waals surface area contributed by atoms with Crippen molar-refractivity contribution >= 4 is 5.90 Å². The zero-order valence-corrected chi connectivity index (χ0v) is 11.6. The van der Waals surface area contributed by atoms with Gasteiger partial charge in [-0.1, -0.05) is 12.1 Å². The van der Waals surface area contributed by atoms with Crippen molar-refractivity contribution in [2.45, 2.75) is 31.7 Å². The van der Waals surface area contributed by atoms with Gasteiger partial charge in [0.2, 0.25) is 0 Å². The highest BCUT2D eigenvalue weighted by Gasteiger charge is 2.23. The van der Waals surface area contributed by atoms with Crippen LogP contribution in [0.4, 0.5) is 4.39 Å². The topological polar surface area (TPSA) is 33.6 Å². The molecule has 2 aliphatic heterocycles. The van der Waals surface area contributed by atoms with Gasteiger partial charge in [0.1, 0.15) is 12.4 Å². The van der Waals surface area contributed by atoms with Crippen molar-refractivity contribution in [3.8, 4) is 0 Å². The summed E-state index contributed by atoms with van der Waals surface area (Å²) >= 11 is 0. The Morgan fingerprint density at radius 2 is 2.10 bits per heavy atom. The normalized spacial score (nSPS) is 23.4. The molecular formula is C16H21FN2O. The van der Waals surface area contributed by atoms with Crippen molar-refractivity contribution in [2.75, 3.05) is 19.7 Å². The number of aliphatic imine (C=N–C) groups is 1. The second kappa shape index (κ2) is 6.35. The van der Waals surface area contributed by atoms with Crippen LogP contribution in [0.15, 0.2) is 29.3 Å². The third-order valence-corrected chi connectivity index (χ3v) is 4.05. The molecular weight excluding hydrogens is 255 g/mol. The van der Waals surface area contributed by atoms with Gasteiger partial charge in [0, 0.05) is 6.42 Å². The number of halogens is 1. The maximum absolute atomic E-state index is 13.2. The number of hydrogen-bond donors (Lipinski definition) is 1. The summed E-state index contributed by atoms with van der Waals surface area (Å²) in [6, 6.07) is 6.90. The van der Waals surface area contributed by atoms with Gasteiger partial charge in [0.25, 0.3) is 0 Å². The highest BCUT2D eigenvalue weighted by Crippen LogP contribution is 2.21. The zero-order valence-electron chi connectivity index (χ0n) is 11.6. The smallest absolute Gasteiger partial charge is 0.183 e. The van der Waals surface area contributed by atoms with Crippen molar-refractivity contribution in [2.24, 2.45) is 10.9 Å². The van der Waals surface area contributed by atoms with Gasteiger partial charge in [-0.15, -0.1) is 0 Å². The molecule has 3 rings (SSSR count). The molecule has 20 heavy (non-hydrogen) atoms. The summed E-state index contributed by atoms with van der Waals surface area (Å²) in [5, 5.41) is 3.37. The Balaban J connectivity index is 1.54. The minimum Gasteiger partial charge on any atom is -0.479 e. The first kappa shape index (κ1) is 13.6. The second-order valence-corrected chi connectivity index (χ2v) is 5.72. The second-order valence-electron chi connectivity index (χ2n) is 5.72. The molecule has 1 aromatic carbocycles. The minimum atomic E-state index is -0.180. The van der Waals surface area contributed by atoms with Crippen LogP contribution in [0.5, 0.6) is 0 Å². The number of hydrogen-bond acceptors (Lipinski definition) is 3. The van der Waals surface area contributed by atoms with E-state index in [2.05, 4.69) is 10.3 Å². The average Bonchev–Trinajstić information content (AvgIpc) is 2.87. The Bertz CT molecular complexity index is 483. The van der Waals surface area contributed by atoms with E-state index in [0.29, 0.717) is 12.5 Å². The van der Waals surface area contributed by atoms with E-state index in [1.807, 2.05) is 6.07 Å². The van der Waals surface area contributed by atoms with E-state index in [9.17, 15) is 4.39 Å². The first-order valence-electron chi connectivity index (χ1n) is 7.44. The number of benzene rings is 1. The predicted molar refractivity (Wildman–Crippen MR) is 77.5 cm³/mol. The number of nitrogens with zero attached hydrogens (tertiary/aromatic N) is 1. The maximum Gasteiger partial charge on any atom is 0.183 e. The van der Waals surface area contributed by atoms with Gasteiger partial charge in [-0.25, -0.2) is 9.38 Å². The SMILES string of the molecule is Fc1cccc(CC2COC(CC3CCNCC3)=N2)c1. The summed E-state index contributed by atoms with van der Waals surface area (Å²) in [5.74, 6) is 1.42. The molecule has 2 aliphatic rings. The molecule has 0 bridgehead atoms. The molecule has 1 saturated heterocycles. The van der Waals surface area contributed by atoms with Crippen molar-refractivity contribution in [3.05, 3.63) is 35.6 Å². The Hall–Kier alpha value is -1.42. The van der Waals surface area contributed by atoms with E-state index >= 15 is 0 Å². The van der Waals surface area contributed by atoms with Gasteiger partial charge < -0.3 is 10.1 Å². The molecule has 108 valence electrons. The first-order valence-corrected chi connectivity index (χ1v) is 7.44. The number of piperidine rings is 1. The highest BCUT2D eigenvalue weighted by atomic mass is 19.1. The number of ether oxygens (including phenoxy) is 1. The van der Waals surface area contributed by atoms with Crippen molar-refractivity contribution in [3.63, 3.8) is 0 Å². The largest absolute Gasteiger partial charge is 0.479 e. The van der Waals surface area contributed by atoms with E-state index in [0.717, 1.165) is 37.4 Å². The molecule has 0 radical (unpaired) electrons. The molecule has 1 aromatic rings. The third-order valence-electron chi connectivity index (χ3n) is 4.05. The average molecular weight is 276 g/mol. The quantitative estimate of drug-likeness (QED) is 0.917. The summed E-state index contributed by atoms with van der Waals surface area (Å²) in [4.78, 5) is 4.66. The van der Waals surface area contributed by atoms with Gasteiger partial charge in [0.15, 0.2) is 5.90 Å². The van der Waals surface area contributed by atoms with Gasteiger partial charge in [0.05, 0.1) is 6.04 Å². The summed E-state index contributed by atoms with van der Waals surface area (Å²) in [7, 11) is 0. The highest BCUT2D eigenvalue weighted by molar-refractivity contribution is 5.78. The summed E-state index contributed by atoms with van der Waals surface area (Å²) in [6.45, 7) is 2.84. The molecule has 1 unspecified atom stereocenters.